The Kier molecular flexibility index (Phi) is 1.22. The van der Waals surface area contributed by atoms with E-state index in [0.29, 0.717) is 16.2 Å². The largest absolute Gasteiger partial charge is 0.0839 e. The van der Waals surface area contributed by atoms with Crippen LogP contribution in [0.4, 0.5) is 0 Å². The normalized spacial score (nSPS) is 49.7. The molecule has 1 aromatic rings. The van der Waals surface area contributed by atoms with Crippen LogP contribution >= 0.6 is 0 Å². The van der Waals surface area contributed by atoms with E-state index < -0.39 is 0 Å². The van der Waals surface area contributed by atoms with E-state index in [4.69, 9.17) is 0 Å². The minimum Gasteiger partial charge on any atom is -0.0839 e. The zero-order valence-electron chi connectivity index (χ0n) is 10.2. The predicted molar refractivity (Wildman–Crippen MR) is 66.1 cm³/mol. The molecule has 1 aromatic carbocycles. The molecular formula is C16H18. The third-order valence-corrected chi connectivity index (χ3v) is 6.35. The van der Waals surface area contributed by atoms with Gasteiger partial charge in [0.15, 0.2) is 0 Å². The molecule has 0 amide bonds. The first-order valence-electron chi connectivity index (χ1n) is 6.32. The fourth-order valence-corrected chi connectivity index (χ4v) is 5.37. The lowest BCUT2D eigenvalue weighted by atomic mass is 9.50. The fraction of sp³-hybridized carbons (Fsp3) is 0.500. The molecule has 0 spiro atoms. The van der Waals surface area contributed by atoms with E-state index in [0.717, 1.165) is 11.8 Å². The van der Waals surface area contributed by atoms with Crippen LogP contribution in [0.3, 0.4) is 0 Å². The van der Waals surface area contributed by atoms with Crippen molar-refractivity contribution in [3.05, 3.63) is 48.0 Å². The van der Waals surface area contributed by atoms with Crippen molar-refractivity contribution in [1.29, 1.82) is 0 Å². The van der Waals surface area contributed by atoms with E-state index in [9.17, 15) is 0 Å². The number of benzene rings is 1. The van der Waals surface area contributed by atoms with Crippen molar-refractivity contribution in [2.75, 3.05) is 0 Å². The quantitative estimate of drug-likeness (QED) is 0.619. The van der Waals surface area contributed by atoms with Crippen molar-refractivity contribution in [3.8, 4) is 0 Å². The van der Waals surface area contributed by atoms with Gasteiger partial charge in [-0.2, -0.15) is 0 Å². The van der Waals surface area contributed by atoms with Crippen LogP contribution in [-0.4, -0.2) is 0 Å². The standard InChI is InChI=1S/C16H18/c1-14(2)15(3)12-9-10-13(12)16(14,15)11-7-5-4-6-8-11/h4-10,12-13H,1-3H3/t12-,13-,15+,16+/m1/s1. The zero-order chi connectivity index (χ0) is 11.2. The van der Waals surface area contributed by atoms with Gasteiger partial charge in [0.1, 0.15) is 0 Å². The van der Waals surface area contributed by atoms with Crippen LogP contribution in [0.25, 0.3) is 0 Å². The molecule has 0 saturated heterocycles. The number of rotatable bonds is 1. The Balaban J connectivity index is 1.93. The van der Waals surface area contributed by atoms with Crippen molar-refractivity contribution >= 4 is 0 Å². The number of fused-ring (bicyclic) bond motifs is 4. The molecule has 2 saturated carbocycles. The number of allylic oxidation sites excluding steroid dienone is 2. The van der Waals surface area contributed by atoms with Crippen molar-refractivity contribution in [2.24, 2.45) is 22.7 Å². The van der Waals surface area contributed by atoms with Crippen LogP contribution in [0, 0.1) is 22.7 Å². The minimum atomic E-state index is 0.445. The molecule has 0 nitrogen and oxygen atoms in total. The van der Waals surface area contributed by atoms with Gasteiger partial charge in [-0.05, 0) is 28.2 Å². The smallest absolute Gasteiger partial charge is 0.0143 e. The first-order valence-corrected chi connectivity index (χ1v) is 6.32. The predicted octanol–water partition coefficient (Wildman–Crippen LogP) is 3.79. The minimum absolute atomic E-state index is 0.445. The summed E-state index contributed by atoms with van der Waals surface area (Å²) < 4.78 is 0. The highest BCUT2D eigenvalue weighted by Gasteiger charge is 2.93. The third kappa shape index (κ3) is 0.533. The van der Waals surface area contributed by atoms with Crippen LogP contribution in [0.1, 0.15) is 26.3 Å². The second-order valence-electron chi connectivity index (χ2n) is 6.44. The van der Waals surface area contributed by atoms with Gasteiger partial charge in [-0.25, -0.2) is 0 Å². The first kappa shape index (κ1) is 9.04. The Morgan fingerprint density at radius 1 is 0.875 bits per heavy atom. The molecule has 4 rings (SSSR count). The summed E-state index contributed by atoms with van der Waals surface area (Å²) in [5.41, 5.74) is 2.98. The molecule has 0 aliphatic heterocycles. The topological polar surface area (TPSA) is 0 Å². The van der Waals surface area contributed by atoms with Gasteiger partial charge < -0.3 is 0 Å². The third-order valence-electron chi connectivity index (χ3n) is 6.35. The average molecular weight is 210 g/mol. The maximum atomic E-state index is 2.49. The molecule has 0 N–H and O–H groups in total. The van der Waals surface area contributed by atoms with Crippen LogP contribution < -0.4 is 0 Å². The molecule has 0 unspecified atom stereocenters. The van der Waals surface area contributed by atoms with Gasteiger partial charge in [0.2, 0.25) is 0 Å². The lowest BCUT2D eigenvalue weighted by Crippen LogP contribution is -2.50. The van der Waals surface area contributed by atoms with E-state index in [2.05, 4.69) is 63.3 Å². The Labute approximate surface area is 97.4 Å². The number of hydrogen-bond acceptors (Lipinski definition) is 0. The van der Waals surface area contributed by atoms with Crippen molar-refractivity contribution < 1.29 is 0 Å². The SMILES string of the molecule is CC1(C)[C@]2(C)[C@@H]3C=C[C@H]3[C@@]12c1ccccc1. The highest BCUT2D eigenvalue weighted by molar-refractivity contribution is 5.59. The molecule has 0 heteroatoms. The van der Waals surface area contributed by atoms with E-state index >= 15 is 0 Å². The molecule has 2 fully saturated rings. The van der Waals surface area contributed by atoms with E-state index in [1.807, 2.05) is 0 Å². The Bertz CT molecular complexity index is 496. The fourth-order valence-electron chi connectivity index (χ4n) is 5.37. The molecule has 82 valence electrons. The maximum absolute atomic E-state index is 2.49. The summed E-state index contributed by atoms with van der Waals surface area (Å²) in [6, 6.07) is 11.2. The monoisotopic (exact) mass is 210 g/mol. The van der Waals surface area contributed by atoms with Gasteiger partial charge >= 0.3 is 0 Å². The highest BCUT2D eigenvalue weighted by Crippen LogP contribution is 2.94. The molecule has 4 atom stereocenters. The van der Waals surface area contributed by atoms with Crippen LogP contribution in [0.15, 0.2) is 42.5 Å². The maximum Gasteiger partial charge on any atom is 0.0143 e. The molecule has 0 heterocycles. The van der Waals surface area contributed by atoms with Crippen molar-refractivity contribution in [1.82, 2.24) is 0 Å². The van der Waals surface area contributed by atoms with Gasteiger partial charge in [-0.1, -0.05) is 63.3 Å². The van der Waals surface area contributed by atoms with Gasteiger partial charge in [0, 0.05) is 5.41 Å². The van der Waals surface area contributed by atoms with Crippen LogP contribution in [-0.2, 0) is 5.41 Å². The summed E-state index contributed by atoms with van der Waals surface area (Å²) in [6.45, 7) is 7.41. The van der Waals surface area contributed by atoms with Gasteiger partial charge in [-0.3, -0.25) is 0 Å². The second kappa shape index (κ2) is 2.16. The van der Waals surface area contributed by atoms with Crippen LogP contribution in [0.2, 0.25) is 0 Å². The van der Waals surface area contributed by atoms with Crippen molar-refractivity contribution in [3.63, 3.8) is 0 Å². The molecule has 0 bridgehead atoms. The summed E-state index contributed by atoms with van der Waals surface area (Å²) in [5.74, 6) is 1.66. The van der Waals surface area contributed by atoms with Crippen LogP contribution in [0.5, 0.6) is 0 Å². The Morgan fingerprint density at radius 3 is 2.00 bits per heavy atom. The lowest BCUT2D eigenvalue weighted by molar-refractivity contribution is 0.0935. The molecule has 3 aliphatic carbocycles. The van der Waals surface area contributed by atoms with E-state index in [1.54, 1.807) is 5.56 Å². The van der Waals surface area contributed by atoms with E-state index in [1.165, 1.54) is 0 Å². The molecule has 0 radical (unpaired) electrons. The van der Waals surface area contributed by atoms with Gasteiger partial charge in [0.25, 0.3) is 0 Å². The lowest BCUT2D eigenvalue weighted by Gasteiger charge is -2.53. The van der Waals surface area contributed by atoms with Gasteiger partial charge in [0.05, 0.1) is 0 Å². The molecule has 16 heavy (non-hydrogen) atoms. The second-order valence-corrected chi connectivity index (χ2v) is 6.44. The summed E-state index contributed by atoms with van der Waals surface area (Å²) >= 11 is 0. The molecular weight excluding hydrogens is 192 g/mol. The summed E-state index contributed by atoms with van der Waals surface area (Å²) in [4.78, 5) is 0. The number of hydrogen-bond donors (Lipinski definition) is 0. The van der Waals surface area contributed by atoms with E-state index in [-0.39, 0.29) is 0 Å². The molecule has 3 aliphatic rings. The zero-order valence-corrected chi connectivity index (χ0v) is 10.2. The Hall–Kier alpha value is -1.04. The Morgan fingerprint density at radius 2 is 1.50 bits per heavy atom. The summed E-state index contributed by atoms with van der Waals surface area (Å²) in [5, 5.41) is 0. The van der Waals surface area contributed by atoms with Gasteiger partial charge in [-0.15, -0.1) is 0 Å². The summed E-state index contributed by atoms with van der Waals surface area (Å²) in [7, 11) is 0. The first-order chi connectivity index (χ1) is 7.58. The van der Waals surface area contributed by atoms with Crippen molar-refractivity contribution in [2.45, 2.75) is 26.2 Å². The summed E-state index contributed by atoms with van der Waals surface area (Å²) in [6.07, 6.45) is 4.87. The average Bonchev–Trinajstić information content (AvgIpc) is 2.56. The molecule has 0 aromatic heterocycles. The highest BCUT2D eigenvalue weighted by atomic mass is 15.0.